The van der Waals surface area contributed by atoms with Crippen LogP contribution in [0.3, 0.4) is 0 Å². The van der Waals surface area contributed by atoms with Gasteiger partial charge in [0.25, 0.3) is 0 Å². The molecule has 0 heterocycles. The molecule has 1 saturated carbocycles. The lowest BCUT2D eigenvalue weighted by atomic mass is 9.84. The smallest absolute Gasteiger partial charge is 0.229 e. The molecule has 1 aliphatic carbocycles. The average molecular weight is 382 g/mol. The van der Waals surface area contributed by atoms with Gasteiger partial charge >= 0.3 is 0 Å². The average Bonchev–Trinajstić information content (AvgIpc) is 3.03. The van der Waals surface area contributed by atoms with E-state index in [1.165, 1.54) is 0 Å². The molecule has 5 heteroatoms. The van der Waals surface area contributed by atoms with Crippen LogP contribution in [0.5, 0.6) is 0 Å². The Balaban J connectivity index is 2.54. The van der Waals surface area contributed by atoms with Crippen molar-refractivity contribution in [2.45, 2.75) is 64.8 Å². The van der Waals surface area contributed by atoms with Crippen LogP contribution in [-0.2, 0) is 6.54 Å². The summed E-state index contributed by atoms with van der Waals surface area (Å²) in [6.45, 7) is 7.46. The Morgan fingerprint density at radius 1 is 1.13 bits per heavy atom. The van der Waals surface area contributed by atoms with Crippen LogP contribution >= 0.6 is 15.9 Å². The molecule has 0 spiro atoms. The number of benzene rings is 1. The molecule has 1 unspecified atom stereocenters. The number of nitrogens with zero attached hydrogens (tertiary/aromatic N) is 1. The molecule has 1 aliphatic rings. The zero-order valence-corrected chi connectivity index (χ0v) is 15.8. The largest absolute Gasteiger partial charge is 0.293 e. The molecule has 126 valence electrons. The van der Waals surface area contributed by atoms with Crippen LogP contribution in [0, 0.1) is 43.7 Å². The first-order valence-corrected chi connectivity index (χ1v) is 9.06. The van der Waals surface area contributed by atoms with Crippen molar-refractivity contribution >= 4 is 21.7 Å². The highest BCUT2D eigenvalue weighted by atomic mass is 79.9. The van der Waals surface area contributed by atoms with E-state index in [-0.39, 0.29) is 22.1 Å². The minimum Gasteiger partial charge on any atom is -0.293 e. The third-order valence-electron chi connectivity index (χ3n) is 5.41. The lowest BCUT2D eigenvalue weighted by molar-refractivity contribution is -0.496. The first-order valence-electron chi connectivity index (χ1n) is 8.15. The molecule has 1 atom stereocenters. The maximum atomic E-state index is 13.1. The van der Waals surface area contributed by atoms with Gasteiger partial charge in [0, 0.05) is 16.1 Å². The monoisotopic (exact) mass is 381 g/mol. The summed E-state index contributed by atoms with van der Waals surface area (Å²) in [4.78, 5) is 23.6. The van der Waals surface area contributed by atoms with Gasteiger partial charge in [0.1, 0.15) is 0 Å². The summed E-state index contributed by atoms with van der Waals surface area (Å²) in [6, 6.07) is 0. The van der Waals surface area contributed by atoms with Crippen molar-refractivity contribution in [1.29, 1.82) is 0 Å². The highest BCUT2D eigenvalue weighted by Gasteiger charge is 2.33. The van der Waals surface area contributed by atoms with Gasteiger partial charge in [-0.2, -0.15) is 0 Å². The fourth-order valence-corrected chi connectivity index (χ4v) is 4.41. The standard InChI is InChI=1S/C18H24BrNO3/c1-10-11(2)13(4)16(15(12(10)3)9-20(22)23)18(21)17(19)14-7-5-6-8-14/h14,17H,5-9H2,1-4H3. The van der Waals surface area contributed by atoms with E-state index >= 15 is 0 Å². The summed E-state index contributed by atoms with van der Waals surface area (Å²) in [6.07, 6.45) is 4.42. The van der Waals surface area contributed by atoms with Crippen LogP contribution in [-0.4, -0.2) is 15.5 Å². The van der Waals surface area contributed by atoms with Gasteiger partial charge in [-0.3, -0.25) is 14.9 Å². The van der Waals surface area contributed by atoms with Crippen molar-refractivity contribution in [3.63, 3.8) is 0 Å². The Morgan fingerprint density at radius 3 is 2.17 bits per heavy atom. The maximum Gasteiger partial charge on any atom is 0.229 e. The Morgan fingerprint density at radius 2 is 1.65 bits per heavy atom. The maximum absolute atomic E-state index is 13.1. The molecule has 1 aromatic rings. The molecule has 23 heavy (non-hydrogen) atoms. The van der Waals surface area contributed by atoms with Crippen LogP contribution in [0.4, 0.5) is 0 Å². The number of halogens is 1. The molecule has 1 fully saturated rings. The summed E-state index contributed by atoms with van der Waals surface area (Å²) >= 11 is 3.59. The highest BCUT2D eigenvalue weighted by molar-refractivity contribution is 9.10. The van der Waals surface area contributed by atoms with Gasteiger partial charge in [0.2, 0.25) is 6.54 Å². The summed E-state index contributed by atoms with van der Waals surface area (Å²) in [5.74, 6) is 0.352. The van der Waals surface area contributed by atoms with Crippen molar-refractivity contribution in [3.05, 3.63) is 43.5 Å². The Labute approximate surface area is 145 Å². The molecule has 0 aromatic heterocycles. The number of hydrogen-bond acceptors (Lipinski definition) is 3. The predicted octanol–water partition coefficient (Wildman–Crippen LogP) is 4.83. The number of hydrogen-bond donors (Lipinski definition) is 0. The van der Waals surface area contributed by atoms with E-state index in [4.69, 9.17) is 0 Å². The Kier molecular flexibility index (Phi) is 5.61. The van der Waals surface area contributed by atoms with Crippen LogP contribution in [0.15, 0.2) is 0 Å². The van der Waals surface area contributed by atoms with Gasteiger partial charge < -0.3 is 0 Å². The molecule has 0 aliphatic heterocycles. The van der Waals surface area contributed by atoms with E-state index in [2.05, 4.69) is 15.9 Å². The van der Waals surface area contributed by atoms with Crippen LogP contribution in [0.2, 0.25) is 0 Å². The summed E-state index contributed by atoms with van der Waals surface area (Å²) < 4.78 is 0. The SMILES string of the molecule is Cc1c(C)c(C)c(C(=O)C(Br)C2CCCC2)c(C[N+](=O)[O-])c1C. The van der Waals surface area contributed by atoms with Gasteiger partial charge in [-0.25, -0.2) is 0 Å². The normalized spacial score (nSPS) is 16.6. The highest BCUT2D eigenvalue weighted by Crippen LogP contribution is 2.36. The molecule has 0 radical (unpaired) electrons. The second-order valence-electron chi connectivity index (χ2n) is 6.65. The van der Waals surface area contributed by atoms with Gasteiger partial charge in [-0.05, 0) is 68.7 Å². The van der Waals surface area contributed by atoms with Crippen molar-refractivity contribution in [1.82, 2.24) is 0 Å². The van der Waals surface area contributed by atoms with E-state index in [1.807, 2.05) is 27.7 Å². The van der Waals surface area contributed by atoms with E-state index < -0.39 is 0 Å². The molecule has 0 amide bonds. The lowest BCUT2D eigenvalue weighted by Gasteiger charge is -2.22. The Hall–Kier alpha value is -1.23. The predicted molar refractivity (Wildman–Crippen MR) is 95.1 cm³/mol. The zero-order valence-electron chi connectivity index (χ0n) is 14.2. The molecular formula is C18H24BrNO3. The van der Waals surface area contributed by atoms with Crippen LogP contribution in [0.1, 0.15) is 63.9 Å². The van der Waals surface area contributed by atoms with E-state index in [1.54, 1.807) is 0 Å². The molecular weight excluding hydrogens is 358 g/mol. The number of nitro groups is 1. The third kappa shape index (κ3) is 3.49. The van der Waals surface area contributed by atoms with Crippen molar-refractivity contribution < 1.29 is 9.72 Å². The fourth-order valence-electron chi connectivity index (χ4n) is 3.65. The first kappa shape index (κ1) is 18.1. The first-order chi connectivity index (χ1) is 10.8. The molecule has 1 aromatic carbocycles. The van der Waals surface area contributed by atoms with Gasteiger partial charge in [0.15, 0.2) is 5.78 Å². The molecule has 0 bridgehead atoms. The van der Waals surface area contributed by atoms with E-state index in [9.17, 15) is 14.9 Å². The Bertz CT molecular complexity index is 648. The summed E-state index contributed by atoms with van der Waals surface area (Å²) in [5.41, 5.74) is 5.02. The second-order valence-corrected chi connectivity index (χ2v) is 7.64. The minimum absolute atomic E-state index is 0.0115. The van der Waals surface area contributed by atoms with E-state index in [0.29, 0.717) is 17.0 Å². The molecule has 0 saturated heterocycles. The van der Waals surface area contributed by atoms with Crippen LogP contribution in [0.25, 0.3) is 0 Å². The number of alkyl halides is 1. The number of carbonyl (C=O) groups excluding carboxylic acids is 1. The second kappa shape index (κ2) is 7.12. The molecule has 0 N–H and O–H groups in total. The summed E-state index contributed by atoms with van der Waals surface area (Å²) in [7, 11) is 0. The summed E-state index contributed by atoms with van der Waals surface area (Å²) in [5, 5.41) is 11.1. The molecule has 4 nitrogen and oxygen atoms in total. The number of ketones is 1. The lowest BCUT2D eigenvalue weighted by Crippen LogP contribution is -2.26. The van der Waals surface area contributed by atoms with Crippen molar-refractivity contribution in [2.75, 3.05) is 0 Å². The fraction of sp³-hybridized carbons (Fsp3) is 0.611. The zero-order chi connectivity index (χ0) is 17.3. The third-order valence-corrected chi connectivity index (χ3v) is 6.58. The number of carbonyl (C=O) groups is 1. The molecule has 2 rings (SSSR count). The number of rotatable bonds is 5. The topological polar surface area (TPSA) is 60.2 Å². The van der Waals surface area contributed by atoms with Crippen molar-refractivity contribution in [3.8, 4) is 0 Å². The van der Waals surface area contributed by atoms with Crippen molar-refractivity contribution in [2.24, 2.45) is 5.92 Å². The van der Waals surface area contributed by atoms with Gasteiger partial charge in [-0.15, -0.1) is 0 Å². The minimum atomic E-state index is -0.341. The van der Waals surface area contributed by atoms with Gasteiger partial charge in [-0.1, -0.05) is 28.8 Å². The van der Waals surface area contributed by atoms with Crippen LogP contribution < -0.4 is 0 Å². The van der Waals surface area contributed by atoms with E-state index in [0.717, 1.165) is 47.9 Å². The quantitative estimate of drug-likeness (QED) is 0.317. The number of Topliss-reactive ketones (excluding diaryl/α,β-unsaturated/α-hetero) is 1. The van der Waals surface area contributed by atoms with Gasteiger partial charge in [0.05, 0.1) is 4.83 Å².